The molecule has 0 rings (SSSR count). The predicted molar refractivity (Wildman–Crippen MR) is 47.2 cm³/mol. The minimum Gasteiger partial charge on any atom is -0.312 e. The van der Waals surface area contributed by atoms with Crippen molar-refractivity contribution in [3.8, 4) is 0 Å². The van der Waals surface area contributed by atoms with Crippen molar-refractivity contribution < 1.29 is 0 Å². The highest BCUT2D eigenvalue weighted by atomic mass is 14.9. The molecule has 0 amide bonds. The minimum absolute atomic E-state index is 0.597. The van der Waals surface area contributed by atoms with Crippen molar-refractivity contribution >= 4 is 0 Å². The third-order valence-corrected chi connectivity index (χ3v) is 1.34. The molecule has 0 aromatic carbocycles. The van der Waals surface area contributed by atoms with Crippen LogP contribution in [0, 0.1) is 0 Å². The number of rotatable bonds is 4. The fourth-order valence-corrected chi connectivity index (χ4v) is 0.977. The summed E-state index contributed by atoms with van der Waals surface area (Å²) < 4.78 is 0. The Morgan fingerprint density at radius 1 is 1.30 bits per heavy atom. The van der Waals surface area contributed by atoms with E-state index in [4.69, 9.17) is 0 Å². The van der Waals surface area contributed by atoms with Crippen LogP contribution in [-0.2, 0) is 0 Å². The average Bonchev–Trinajstić information content (AvgIpc) is 1.82. The number of hydrogen-bond acceptors (Lipinski definition) is 1. The highest BCUT2D eigenvalue weighted by molar-refractivity contribution is 4.81. The van der Waals surface area contributed by atoms with Gasteiger partial charge in [-0.25, -0.2) is 0 Å². The molecule has 1 nitrogen and oxygen atoms in total. The minimum atomic E-state index is 0.597. The normalized spacial score (nSPS) is 14.9. The van der Waals surface area contributed by atoms with Crippen molar-refractivity contribution in [2.24, 2.45) is 0 Å². The SMILES string of the molecule is CC=CCC(C)NC(C)C. The summed E-state index contributed by atoms with van der Waals surface area (Å²) in [6.45, 7) is 8.61. The lowest BCUT2D eigenvalue weighted by Gasteiger charge is -2.14. The van der Waals surface area contributed by atoms with Crippen LogP contribution in [0.2, 0.25) is 0 Å². The largest absolute Gasteiger partial charge is 0.312 e. The first-order valence-electron chi connectivity index (χ1n) is 4.04. The molecule has 0 saturated carbocycles. The Hall–Kier alpha value is -0.300. The van der Waals surface area contributed by atoms with Gasteiger partial charge in [-0.15, -0.1) is 0 Å². The maximum absolute atomic E-state index is 3.43. The van der Waals surface area contributed by atoms with Gasteiger partial charge in [-0.1, -0.05) is 26.0 Å². The van der Waals surface area contributed by atoms with E-state index in [2.05, 4.69) is 45.2 Å². The van der Waals surface area contributed by atoms with E-state index >= 15 is 0 Å². The first-order valence-corrected chi connectivity index (χ1v) is 4.04. The van der Waals surface area contributed by atoms with Crippen molar-refractivity contribution in [1.29, 1.82) is 0 Å². The van der Waals surface area contributed by atoms with E-state index in [1.807, 2.05) is 0 Å². The summed E-state index contributed by atoms with van der Waals surface area (Å²) in [5, 5.41) is 3.43. The molecule has 1 unspecified atom stereocenters. The zero-order valence-electron chi connectivity index (χ0n) is 7.52. The van der Waals surface area contributed by atoms with Gasteiger partial charge in [-0.3, -0.25) is 0 Å². The Morgan fingerprint density at radius 2 is 1.90 bits per heavy atom. The van der Waals surface area contributed by atoms with E-state index in [9.17, 15) is 0 Å². The van der Waals surface area contributed by atoms with Crippen molar-refractivity contribution in [3.63, 3.8) is 0 Å². The second-order valence-corrected chi connectivity index (χ2v) is 3.03. The van der Waals surface area contributed by atoms with Crippen LogP contribution in [0.3, 0.4) is 0 Å². The standard InChI is InChI=1S/C9H19N/c1-5-6-7-9(4)10-8(2)3/h5-6,8-10H,7H2,1-4H3. The third-order valence-electron chi connectivity index (χ3n) is 1.34. The number of nitrogens with one attached hydrogen (secondary N) is 1. The molecule has 0 aromatic heterocycles. The molecule has 0 spiro atoms. The first kappa shape index (κ1) is 9.70. The molecule has 60 valence electrons. The van der Waals surface area contributed by atoms with E-state index in [1.165, 1.54) is 0 Å². The summed E-state index contributed by atoms with van der Waals surface area (Å²) in [7, 11) is 0. The fraction of sp³-hybridized carbons (Fsp3) is 0.778. The zero-order valence-corrected chi connectivity index (χ0v) is 7.52. The van der Waals surface area contributed by atoms with Gasteiger partial charge in [0.2, 0.25) is 0 Å². The Balaban J connectivity index is 3.33. The zero-order chi connectivity index (χ0) is 7.98. The summed E-state index contributed by atoms with van der Waals surface area (Å²) in [5.74, 6) is 0. The molecule has 1 N–H and O–H groups in total. The van der Waals surface area contributed by atoms with Gasteiger partial charge < -0.3 is 5.32 Å². The summed E-state index contributed by atoms with van der Waals surface area (Å²) in [4.78, 5) is 0. The lowest BCUT2D eigenvalue weighted by molar-refractivity contribution is 0.493. The molecule has 0 bridgehead atoms. The van der Waals surface area contributed by atoms with Crippen LogP contribution in [0.5, 0.6) is 0 Å². The van der Waals surface area contributed by atoms with E-state index in [0.29, 0.717) is 12.1 Å². The van der Waals surface area contributed by atoms with Gasteiger partial charge in [0, 0.05) is 12.1 Å². The van der Waals surface area contributed by atoms with Gasteiger partial charge in [0.15, 0.2) is 0 Å². The van der Waals surface area contributed by atoms with Crippen LogP contribution in [0.25, 0.3) is 0 Å². The second kappa shape index (κ2) is 5.48. The Kier molecular flexibility index (Phi) is 5.32. The number of allylic oxidation sites excluding steroid dienone is 1. The van der Waals surface area contributed by atoms with Gasteiger partial charge in [0.1, 0.15) is 0 Å². The smallest absolute Gasteiger partial charge is 0.00755 e. The second-order valence-electron chi connectivity index (χ2n) is 3.03. The van der Waals surface area contributed by atoms with E-state index in [-0.39, 0.29) is 0 Å². The van der Waals surface area contributed by atoms with Gasteiger partial charge in [0.25, 0.3) is 0 Å². The van der Waals surface area contributed by atoms with Gasteiger partial charge in [-0.05, 0) is 20.3 Å². The molecule has 1 atom stereocenters. The van der Waals surface area contributed by atoms with Crippen LogP contribution in [-0.4, -0.2) is 12.1 Å². The monoisotopic (exact) mass is 141 g/mol. The first-order chi connectivity index (χ1) is 4.66. The lowest BCUT2D eigenvalue weighted by Crippen LogP contribution is -2.31. The molecule has 0 radical (unpaired) electrons. The van der Waals surface area contributed by atoms with Crippen LogP contribution in [0.15, 0.2) is 12.2 Å². The van der Waals surface area contributed by atoms with Crippen LogP contribution < -0.4 is 5.32 Å². The van der Waals surface area contributed by atoms with Crippen molar-refractivity contribution in [2.75, 3.05) is 0 Å². The van der Waals surface area contributed by atoms with Crippen LogP contribution in [0.1, 0.15) is 34.1 Å². The molecule has 0 saturated heterocycles. The molecule has 0 aliphatic rings. The maximum atomic E-state index is 3.43. The van der Waals surface area contributed by atoms with Crippen molar-refractivity contribution in [2.45, 2.75) is 46.2 Å². The molecule has 10 heavy (non-hydrogen) atoms. The quantitative estimate of drug-likeness (QED) is 0.592. The summed E-state index contributed by atoms with van der Waals surface area (Å²) in [5.41, 5.74) is 0. The predicted octanol–water partition coefficient (Wildman–Crippen LogP) is 2.34. The Bertz CT molecular complexity index is 94.9. The highest BCUT2D eigenvalue weighted by Gasteiger charge is 1.98. The van der Waals surface area contributed by atoms with E-state index in [1.54, 1.807) is 0 Å². The molecule has 0 fully saturated rings. The molecule has 0 aliphatic heterocycles. The molecule has 0 aliphatic carbocycles. The average molecular weight is 141 g/mol. The van der Waals surface area contributed by atoms with E-state index < -0.39 is 0 Å². The molecule has 0 heterocycles. The molecular weight excluding hydrogens is 122 g/mol. The summed E-state index contributed by atoms with van der Waals surface area (Å²) >= 11 is 0. The molecule has 0 aromatic rings. The fourth-order valence-electron chi connectivity index (χ4n) is 0.977. The van der Waals surface area contributed by atoms with Gasteiger partial charge >= 0.3 is 0 Å². The van der Waals surface area contributed by atoms with Gasteiger partial charge in [-0.2, -0.15) is 0 Å². The molecule has 1 heteroatoms. The number of hydrogen-bond donors (Lipinski definition) is 1. The Morgan fingerprint density at radius 3 is 2.30 bits per heavy atom. The Labute approximate surface area is 64.5 Å². The van der Waals surface area contributed by atoms with Gasteiger partial charge in [0.05, 0.1) is 0 Å². The summed E-state index contributed by atoms with van der Waals surface area (Å²) in [6.07, 6.45) is 5.42. The van der Waals surface area contributed by atoms with Crippen LogP contribution in [0.4, 0.5) is 0 Å². The van der Waals surface area contributed by atoms with Crippen molar-refractivity contribution in [1.82, 2.24) is 5.32 Å². The topological polar surface area (TPSA) is 12.0 Å². The lowest BCUT2D eigenvalue weighted by atomic mass is 10.2. The third kappa shape index (κ3) is 5.83. The summed E-state index contributed by atoms with van der Waals surface area (Å²) in [6, 6.07) is 1.21. The molecular formula is C9H19N. The van der Waals surface area contributed by atoms with E-state index in [0.717, 1.165) is 6.42 Å². The van der Waals surface area contributed by atoms with Crippen molar-refractivity contribution in [3.05, 3.63) is 12.2 Å². The highest BCUT2D eigenvalue weighted by Crippen LogP contribution is 1.93. The van der Waals surface area contributed by atoms with Crippen LogP contribution >= 0.6 is 0 Å². The maximum Gasteiger partial charge on any atom is 0.00755 e.